The summed E-state index contributed by atoms with van der Waals surface area (Å²) in [6.07, 6.45) is 2.46. The van der Waals surface area contributed by atoms with E-state index in [-0.39, 0.29) is 18.4 Å². The van der Waals surface area contributed by atoms with E-state index >= 15 is 0 Å². The van der Waals surface area contributed by atoms with Crippen molar-refractivity contribution in [2.45, 2.75) is 17.8 Å². The molecule has 0 aromatic rings. The molecule has 1 fully saturated rings. The van der Waals surface area contributed by atoms with E-state index in [2.05, 4.69) is 10.2 Å². The van der Waals surface area contributed by atoms with Crippen LogP contribution in [0.25, 0.3) is 0 Å². The smallest absolute Gasteiger partial charge is 0.288 e. The molecule has 0 aliphatic carbocycles. The van der Waals surface area contributed by atoms with Gasteiger partial charge in [0.25, 0.3) is 5.91 Å². The molecule has 0 aromatic carbocycles. The van der Waals surface area contributed by atoms with Crippen molar-refractivity contribution in [2.75, 3.05) is 13.1 Å². The molecule has 1 amide bonds. The second-order valence-electron chi connectivity index (χ2n) is 3.46. The highest BCUT2D eigenvalue weighted by Gasteiger charge is 2.30. The highest BCUT2D eigenvalue weighted by molar-refractivity contribution is 6.33. The maximum Gasteiger partial charge on any atom is 0.288 e. The summed E-state index contributed by atoms with van der Waals surface area (Å²) in [4.78, 5) is 13.2. The number of azo groups is 1. The highest BCUT2D eigenvalue weighted by Crippen LogP contribution is 2.23. The van der Waals surface area contributed by atoms with Crippen LogP contribution in [0.1, 0.15) is 6.42 Å². The Bertz CT molecular complexity index is 318. The van der Waals surface area contributed by atoms with E-state index in [1.54, 1.807) is 0 Å². The minimum atomic E-state index is -0.696. The average Bonchev–Trinajstić information content (AvgIpc) is 2.57. The van der Waals surface area contributed by atoms with Gasteiger partial charge in [0.05, 0.1) is 11.9 Å². The molecule has 7 heteroatoms. The number of carbonyl (C=O) groups excluding carboxylic acids is 1. The summed E-state index contributed by atoms with van der Waals surface area (Å²) >= 11 is 5.91. The first kappa shape index (κ1) is 12.4. The first-order valence-electron chi connectivity index (χ1n) is 4.48. The minimum absolute atomic E-state index is 0. The summed E-state index contributed by atoms with van der Waals surface area (Å²) < 4.78 is 0. The van der Waals surface area contributed by atoms with Crippen LogP contribution in [0.15, 0.2) is 22.1 Å². The Morgan fingerprint density at radius 1 is 1.60 bits per heavy atom. The molecule has 2 unspecified atom stereocenters. The molecule has 0 aromatic heterocycles. The van der Waals surface area contributed by atoms with Gasteiger partial charge in [0.1, 0.15) is 0 Å². The Hall–Kier alpha value is -0.650. The predicted molar refractivity (Wildman–Crippen MR) is 59.0 cm³/mol. The summed E-state index contributed by atoms with van der Waals surface area (Å²) in [5.41, 5.74) is 6.48. The molecule has 0 radical (unpaired) electrons. The molecule has 0 spiro atoms. The number of nitrogens with zero attached hydrogens (tertiary/aromatic N) is 3. The number of hydrogen-bond acceptors (Lipinski definition) is 4. The fourth-order valence-corrected chi connectivity index (χ4v) is 1.89. The third-order valence-corrected chi connectivity index (χ3v) is 2.82. The summed E-state index contributed by atoms with van der Waals surface area (Å²) in [6.45, 7) is 1.57. The lowest BCUT2D eigenvalue weighted by Crippen LogP contribution is -2.32. The molecule has 2 atom stereocenters. The molecule has 15 heavy (non-hydrogen) atoms. The predicted octanol–water partition coefficient (Wildman–Crippen LogP) is 0.882. The Morgan fingerprint density at radius 2 is 2.33 bits per heavy atom. The normalized spacial score (nSPS) is 30.1. The quantitative estimate of drug-likeness (QED) is 0.703. The van der Waals surface area contributed by atoms with Crippen LogP contribution in [-0.2, 0) is 4.79 Å². The van der Waals surface area contributed by atoms with Crippen LogP contribution in [0.2, 0.25) is 0 Å². The van der Waals surface area contributed by atoms with E-state index in [0.717, 1.165) is 25.2 Å². The third kappa shape index (κ3) is 2.48. The zero-order chi connectivity index (χ0) is 10.1. The van der Waals surface area contributed by atoms with Gasteiger partial charge in [-0.15, -0.1) is 29.1 Å². The van der Waals surface area contributed by atoms with Gasteiger partial charge in [0.2, 0.25) is 0 Å². The lowest BCUT2D eigenvalue weighted by molar-refractivity contribution is -0.117. The van der Waals surface area contributed by atoms with E-state index in [1.165, 1.54) is 6.20 Å². The minimum Gasteiger partial charge on any atom is -0.370 e. The summed E-state index contributed by atoms with van der Waals surface area (Å²) in [7, 11) is 0. The van der Waals surface area contributed by atoms with Crippen LogP contribution in [-0.4, -0.2) is 35.3 Å². The number of hydrogen-bond donors (Lipinski definition) is 1. The van der Waals surface area contributed by atoms with Gasteiger partial charge in [-0.2, -0.15) is 5.11 Å². The second-order valence-corrected chi connectivity index (χ2v) is 3.90. The van der Waals surface area contributed by atoms with Crippen molar-refractivity contribution in [3.05, 3.63) is 11.9 Å². The maximum absolute atomic E-state index is 11.2. The molecular weight excluding hydrogens is 239 g/mol. The molecule has 1 saturated heterocycles. The van der Waals surface area contributed by atoms with Gasteiger partial charge in [-0.25, -0.2) is 0 Å². The fourth-order valence-electron chi connectivity index (χ4n) is 1.65. The molecule has 2 N–H and O–H groups in total. The molecule has 2 aliphatic rings. The molecule has 2 rings (SSSR count). The third-order valence-electron chi connectivity index (χ3n) is 2.41. The monoisotopic (exact) mass is 250 g/mol. The van der Waals surface area contributed by atoms with E-state index in [9.17, 15) is 4.79 Å². The number of rotatable bonds is 1. The zero-order valence-corrected chi connectivity index (χ0v) is 9.54. The molecule has 5 nitrogen and oxygen atoms in total. The van der Waals surface area contributed by atoms with Gasteiger partial charge >= 0.3 is 0 Å². The highest BCUT2D eigenvalue weighted by atomic mass is 35.5. The van der Waals surface area contributed by atoms with Gasteiger partial charge in [-0.3, -0.25) is 4.79 Å². The van der Waals surface area contributed by atoms with Crippen molar-refractivity contribution in [3.63, 3.8) is 0 Å². The number of halogens is 2. The molecule has 0 saturated carbocycles. The molecule has 2 heterocycles. The van der Waals surface area contributed by atoms with Crippen molar-refractivity contribution < 1.29 is 4.79 Å². The van der Waals surface area contributed by atoms with Crippen molar-refractivity contribution in [2.24, 2.45) is 16.0 Å². The van der Waals surface area contributed by atoms with Gasteiger partial charge in [-0.05, 0) is 6.42 Å². The number of alkyl halides is 1. The number of likely N-dealkylation sites (tertiary alicyclic amines) is 1. The first-order valence-corrected chi connectivity index (χ1v) is 4.91. The molecule has 2 aliphatic heterocycles. The van der Waals surface area contributed by atoms with E-state index in [0.29, 0.717) is 0 Å². The Balaban J connectivity index is 0.00000112. The Labute approximate surface area is 98.8 Å². The largest absolute Gasteiger partial charge is 0.370 e. The molecule has 84 valence electrons. The number of nitrogens with two attached hydrogens (primary N) is 1. The van der Waals surface area contributed by atoms with Gasteiger partial charge in [-0.1, -0.05) is 0 Å². The van der Waals surface area contributed by atoms with Crippen LogP contribution in [0.5, 0.6) is 0 Å². The standard InChI is InChI=1S/C8H11ClN4O.ClH/c9-7-6(3-11-12-8(7)14)13-2-1-5(10)4-13;/h3,5,7H,1-2,4,10H2;1H. The first-order chi connectivity index (χ1) is 6.68. The van der Waals surface area contributed by atoms with Gasteiger partial charge in [0.15, 0.2) is 5.38 Å². The summed E-state index contributed by atoms with van der Waals surface area (Å²) in [6, 6.07) is 0.161. The van der Waals surface area contributed by atoms with Crippen molar-refractivity contribution in [3.8, 4) is 0 Å². The summed E-state index contributed by atoms with van der Waals surface area (Å²) in [5.74, 6) is -0.398. The average molecular weight is 251 g/mol. The lowest BCUT2D eigenvalue weighted by Gasteiger charge is -2.24. The fraction of sp³-hybridized carbons (Fsp3) is 0.625. The zero-order valence-electron chi connectivity index (χ0n) is 7.97. The van der Waals surface area contributed by atoms with Crippen LogP contribution in [0.3, 0.4) is 0 Å². The van der Waals surface area contributed by atoms with Crippen LogP contribution in [0, 0.1) is 0 Å². The van der Waals surface area contributed by atoms with Crippen LogP contribution < -0.4 is 5.73 Å². The van der Waals surface area contributed by atoms with E-state index in [4.69, 9.17) is 17.3 Å². The lowest BCUT2D eigenvalue weighted by atomic mass is 10.2. The topological polar surface area (TPSA) is 71.0 Å². The van der Waals surface area contributed by atoms with E-state index in [1.807, 2.05) is 4.90 Å². The number of carbonyl (C=O) groups is 1. The van der Waals surface area contributed by atoms with E-state index < -0.39 is 11.3 Å². The van der Waals surface area contributed by atoms with Crippen LogP contribution >= 0.6 is 24.0 Å². The molecular formula is C8H12Cl2N4O. The maximum atomic E-state index is 11.2. The van der Waals surface area contributed by atoms with Gasteiger partial charge < -0.3 is 10.6 Å². The second kappa shape index (κ2) is 4.92. The van der Waals surface area contributed by atoms with Crippen molar-refractivity contribution >= 4 is 29.9 Å². The number of amides is 1. The summed E-state index contributed by atoms with van der Waals surface area (Å²) in [5, 5.41) is 6.28. The molecule has 0 bridgehead atoms. The SMILES string of the molecule is Cl.NC1CCN(C2=CN=NC(=O)C2Cl)C1. The van der Waals surface area contributed by atoms with Crippen molar-refractivity contribution in [1.82, 2.24) is 4.90 Å². The Kier molecular flexibility index (Phi) is 4.07. The van der Waals surface area contributed by atoms with Gasteiger partial charge in [0, 0.05) is 19.1 Å². The van der Waals surface area contributed by atoms with Crippen LogP contribution in [0.4, 0.5) is 0 Å². The van der Waals surface area contributed by atoms with Crippen molar-refractivity contribution in [1.29, 1.82) is 0 Å². The Morgan fingerprint density at radius 3 is 2.93 bits per heavy atom.